The van der Waals surface area contributed by atoms with Crippen molar-refractivity contribution in [2.24, 2.45) is 5.73 Å². The zero-order chi connectivity index (χ0) is 13.9. The van der Waals surface area contributed by atoms with Crippen LogP contribution in [0.2, 0.25) is 0 Å². The third kappa shape index (κ3) is 3.28. The summed E-state index contributed by atoms with van der Waals surface area (Å²) < 4.78 is 32.6. The van der Waals surface area contributed by atoms with Gasteiger partial charge in [-0.25, -0.2) is 13.1 Å². The standard InChI is InChI=1S/C11H20N2O3S2/c1-7(6-17-4)13-18(14,15)11-9(3)16-8(2)10(11)5-12/h7,13H,5-6,12H2,1-4H3. The predicted octanol–water partition coefficient (Wildman–Crippen LogP) is 1.38. The maximum absolute atomic E-state index is 12.3. The van der Waals surface area contributed by atoms with Crippen molar-refractivity contribution >= 4 is 21.8 Å². The second kappa shape index (κ2) is 6.10. The van der Waals surface area contributed by atoms with Crippen molar-refractivity contribution in [2.45, 2.75) is 38.3 Å². The first-order chi connectivity index (χ1) is 8.33. The van der Waals surface area contributed by atoms with Crippen LogP contribution in [0.5, 0.6) is 0 Å². The molecule has 1 rings (SSSR count). The van der Waals surface area contributed by atoms with Crippen molar-refractivity contribution in [1.82, 2.24) is 4.72 Å². The summed E-state index contributed by atoms with van der Waals surface area (Å²) in [6.07, 6.45) is 1.93. The number of nitrogens with one attached hydrogen (secondary N) is 1. The summed E-state index contributed by atoms with van der Waals surface area (Å²) in [4.78, 5) is 0.190. The fourth-order valence-corrected chi connectivity index (χ4v) is 4.30. The van der Waals surface area contributed by atoms with Gasteiger partial charge in [-0.1, -0.05) is 0 Å². The van der Waals surface area contributed by atoms with Gasteiger partial charge in [0.1, 0.15) is 16.4 Å². The van der Waals surface area contributed by atoms with Gasteiger partial charge in [0.05, 0.1) is 0 Å². The lowest BCUT2D eigenvalue weighted by Gasteiger charge is -2.13. The van der Waals surface area contributed by atoms with Gasteiger partial charge in [-0.3, -0.25) is 0 Å². The van der Waals surface area contributed by atoms with Gasteiger partial charge < -0.3 is 10.2 Å². The third-order valence-corrected chi connectivity index (χ3v) is 5.19. The number of furan rings is 1. The van der Waals surface area contributed by atoms with Crippen LogP contribution in [0.15, 0.2) is 9.31 Å². The highest BCUT2D eigenvalue weighted by atomic mass is 32.2. The average Bonchev–Trinajstić information content (AvgIpc) is 2.52. The van der Waals surface area contributed by atoms with Crippen molar-refractivity contribution in [2.75, 3.05) is 12.0 Å². The second-order valence-electron chi connectivity index (χ2n) is 4.20. The highest BCUT2D eigenvalue weighted by molar-refractivity contribution is 7.98. The van der Waals surface area contributed by atoms with Crippen LogP contribution in [0.1, 0.15) is 24.0 Å². The van der Waals surface area contributed by atoms with E-state index < -0.39 is 10.0 Å². The summed E-state index contributed by atoms with van der Waals surface area (Å²) >= 11 is 1.59. The molecule has 0 aliphatic heterocycles. The van der Waals surface area contributed by atoms with Gasteiger partial charge in [0.25, 0.3) is 0 Å². The fourth-order valence-electron chi connectivity index (χ4n) is 1.91. The van der Waals surface area contributed by atoms with Crippen molar-refractivity contribution in [3.8, 4) is 0 Å². The van der Waals surface area contributed by atoms with E-state index >= 15 is 0 Å². The van der Waals surface area contributed by atoms with Crippen LogP contribution in [0.25, 0.3) is 0 Å². The average molecular weight is 292 g/mol. The molecule has 0 saturated carbocycles. The van der Waals surface area contributed by atoms with Gasteiger partial charge >= 0.3 is 0 Å². The summed E-state index contributed by atoms with van der Waals surface area (Å²) in [6, 6.07) is -0.134. The topological polar surface area (TPSA) is 85.3 Å². The number of rotatable bonds is 6. The Bertz CT molecular complexity index is 509. The minimum absolute atomic E-state index is 0.134. The summed E-state index contributed by atoms with van der Waals surface area (Å²) in [5.74, 6) is 1.66. The summed E-state index contributed by atoms with van der Waals surface area (Å²) in [6.45, 7) is 5.34. The Hall–Kier alpha value is -0.500. The monoisotopic (exact) mass is 292 g/mol. The fraction of sp³-hybridized carbons (Fsp3) is 0.636. The maximum Gasteiger partial charge on any atom is 0.244 e. The Morgan fingerprint density at radius 1 is 1.39 bits per heavy atom. The molecule has 1 atom stereocenters. The van der Waals surface area contributed by atoms with Crippen LogP contribution in [0.3, 0.4) is 0 Å². The van der Waals surface area contributed by atoms with E-state index in [9.17, 15) is 8.42 Å². The molecule has 1 aromatic rings. The molecule has 0 aromatic carbocycles. The third-order valence-electron chi connectivity index (χ3n) is 2.57. The number of nitrogens with two attached hydrogens (primary N) is 1. The minimum atomic E-state index is -3.57. The second-order valence-corrected chi connectivity index (χ2v) is 6.77. The van der Waals surface area contributed by atoms with E-state index in [1.807, 2.05) is 13.2 Å². The highest BCUT2D eigenvalue weighted by Crippen LogP contribution is 2.26. The van der Waals surface area contributed by atoms with E-state index in [4.69, 9.17) is 10.2 Å². The zero-order valence-electron chi connectivity index (χ0n) is 11.1. The summed E-state index contributed by atoms with van der Waals surface area (Å²) in [5.41, 5.74) is 6.15. The first-order valence-electron chi connectivity index (χ1n) is 5.63. The molecule has 0 amide bonds. The molecule has 0 bridgehead atoms. The summed E-state index contributed by atoms with van der Waals surface area (Å²) in [5, 5.41) is 0. The number of aryl methyl sites for hydroxylation is 2. The van der Waals surface area contributed by atoms with Gasteiger partial charge in [0.15, 0.2) is 0 Å². The maximum atomic E-state index is 12.3. The van der Waals surface area contributed by atoms with Crippen molar-refractivity contribution < 1.29 is 12.8 Å². The molecule has 7 heteroatoms. The Balaban J connectivity index is 3.12. The highest BCUT2D eigenvalue weighted by Gasteiger charge is 2.27. The van der Waals surface area contributed by atoms with Crippen LogP contribution in [-0.4, -0.2) is 26.5 Å². The van der Waals surface area contributed by atoms with Crippen LogP contribution in [0, 0.1) is 13.8 Å². The van der Waals surface area contributed by atoms with Crippen molar-refractivity contribution in [3.05, 3.63) is 17.1 Å². The molecule has 104 valence electrons. The molecule has 3 N–H and O–H groups in total. The first kappa shape index (κ1) is 15.6. The molecule has 18 heavy (non-hydrogen) atoms. The van der Waals surface area contributed by atoms with Crippen LogP contribution >= 0.6 is 11.8 Å². The Kier molecular flexibility index (Phi) is 5.27. The normalized spacial score (nSPS) is 13.8. The molecule has 1 aromatic heterocycles. The van der Waals surface area contributed by atoms with Crippen LogP contribution in [-0.2, 0) is 16.6 Å². The number of hydrogen-bond donors (Lipinski definition) is 2. The molecule has 0 aliphatic carbocycles. The molecule has 0 fully saturated rings. The predicted molar refractivity (Wildman–Crippen MR) is 74.2 cm³/mol. The van der Waals surface area contributed by atoms with Crippen LogP contribution in [0.4, 0.5) is 0 Å². The van der Waals surface area contributed by atoms with Crippen molar-refractivity contribution in [3.63, 3.8) is 0 Å². The molecular formula is C11H20N2O3S2. The van der Waals surface area contributed by atoms with Gasteiger partial charge in [-0.2, -0.15) is 11.8 Å². The Morgan fingerprint density at radius 2 is 2.00 bits per heavy atom. The largest absolute Gasteiger partial charge is 0.465 e. The Labute approximate surface area is 113 Å². The van der Waals surface area contributed by atoms with Crippen molar-refractivity contribution in [1.29, 1.82) is 0 Å². The molecule has 5 nitrogen and oxygen atoms in total. The van der Waals surface area contributed by atoms with E-state index in [0.29, 0.717) is 22.8 Å². The first-order valence-corrected chi connectivity index (χ1v) is 8.51. The SMILES string of the molecule is CSCC(C)NS(=O)(=O)c1c(C)oc(C)c1CN. The molecule has 0 aliphatic rings. The molecule has 0 spiro atoms. The van der Waals surface area contributed by atoms with E-state index in [1.165, 1.54) is 0 Å². The molecule has 0 radical (unpaired) electrons. The molecular weight excluding hydrogens is 272 g/mol. The molecule has 0 saturated heterocycles. The lowest BCUT2D eigenvalue weighted by molar-refractivity contribution is 0.493. The number of hydrogen-bond acceptors (Lipinski definition) is 5. The van der Waals surface area contributed by atoms with E-state index in [2.05, 4.69) is 4.72 Å². The quantitative estimate of drug-likeness (QED) is 0.827. The van der Waals surface area contributed by atoms with E-state index in [0.717, 1.165) is 0 Å². The van der Waals surface area contributed by atoms with Gasteiger partial charge in [0, 0.05) is 23.9 Å². The van der Waals surface area contributed by atoms with E-state index in [-0.39, 0.29) is 17.5 Å². The minimum Gasteiger partial charge on any atom is -0.465 e. The number of thioether (sulfide) groups is 1. The lowest BCUT2D eigenvalue weighted by Crippen LogP contribution is -2.35. The molecule has 1 heterocycles. The van der Waals surface area contributed by atoms with Crippen LogP contribution < -0.4 is 10.5 Å². The Morgan fingerprint density at radius 3 is 2.50 bits per heavy atom. The number of sulfonamides is 1. The zero-order valence-corrected chi connectivity index (χ0v) is 12.7. The molecule has 1 unspecified atom stereocenters. The van der Waals surface area contributed by atoms with Gasteiger partial charge in [-0.05, 0) is 27.0 Å². The van der Waals surface area contributed by atoms with Gasteiger partial charge in [0.2, 0.25) is 10.0 Å². The van der Waals surface area contributed by atoms with Gasteiger partial charge in [-0.15, -0.1) is 0 Å². The smallest absolute Gasteiger partial charge is 0.244 e. The summed E-state index contributed by atoms with van der Waals surface area (Å²) in [7, 11) is -3.57. The lowest BCUT2D eigenvalue weighted by atomic mass is 10.2. The van der Waals surface area contributed by atoms with E-state index in [1.54, 1.807) is 25.6 Å².